The van der Waals surface area contributed by atoms with Crippen LogP contribution in [0.4, 0.5) is 0 Å². The van der Waals surface area contributed by atoms with E-state index in [1.165, 1.54) is 0 Å². The lowest BCUT2D eigenvalue weighted by Crippen LogP contribution is -2.04. The summed E-state index contributed by atoms with van der Waals surface area (Å²) in [5.74, 6) is 2.41. The van der Waals surface area contributed by atoms with Crippen molar-refractivity contribution >= 4 is 11.8 Å². The summed E-state index contributed by atoms with van der Waals surface area (Å²) in [6, 6.07) is 9.78. The molecule has 0 radical (unpaired) electrons. The highest BCUT2D eigenvalue weighted by molar-refractivity contribution is 7.99. The molecule has 2 aromatic rings. The van der Waals surface area contributed by atoms with Crippen LogP contribution in [0.1, 0.15) is 25.0 Å². The zero-order valence-electron chi connectivity index (χ0n) is 11.1. The number of hydrogen-bond donors (Lipinski definition) is 1. The summed E-state index contributed by atoms with van der Waals surface area (Å²) in [7, 11) is 0. The van der Waals surface area contributed by atoms with Gasteiger partial charge in [-0.2, -0.15) is 4.98 Å². The maximum absolute atomic E-state index is 9.01. The second-order valence-electron chi connectivity index (χ2n) is 4.59. The van der Waals surface area contributed by atoms with E-state index in [-0.39, 0.29) is 17.8 Å². The minimum absolute atomic E-state index is 0.138. The predicted molar refractivity (Wildman–Crippen MR) is 76.9 cm³/mol. The van der Waals surface area contributed by atoms with E-state index in [1.807, 2.05) is 44.2 Å². The van der Waals surface area contributed by atoms with Crippen molar-refractivity contribution < 1.29 is 9.63 Å². The number of hydrogen-bond acceptors (Lipinski definition) is 5. The Hall–Kier alpha value is -1.33. The van der Waals surface area contributed by atoms with Crippen LogP contribution in [-0.2, 0) is 0 Å². The van der Waals surface area contributed by atoms with E-state index in [4.69, 9.17) is 9.63 Å². The zero-order chi connectivity index (χ0) is 13.7. The Kier molecular flexibility index (Phi) is 4.99. The Balaban J connectivity index is 2.01. The van der Waals surface area contributed by atoms with E-state index in [1.54, 1.807) is 11.8 Å². The van der Waals surface area contributed by atoms with Gasteiger partial charge in [-0.15, -0.1) is 11.8 Å². The number of rotatable bonds is 6. The van der Waals surface area contributed by atoms with Gasteiger partial charge in [0.05, 0.1) is 5.25 Å². The van der Waals surface area contributed by atoms with Gasteiger partial charge in [-0.25, -0.2) is 0 Å². The maximum Gasteiger partial charge on any atom is 0.239 e. The number of thioether (sulfide) groups is 1. The molecular formula is C14H18N2O2S. The fraction of sp³-hybridized carbons (Fsp3) is 0.429. The summed E-state index contributed by atoms with van der Waals surface area (Å²) in [6.45, 7) is 4.26. The monoisotopic (exact) mass is 278 g/mol. The standard InChI is InChI=1S/C14H18N2O2S/c1-10(8-17)9-19-11(2)14-15-13(16-18-14)12-6-4-3-5-7-12/h3-7,10-11,17H,8-9H2,1-2H3. The second-order valence-corrected chi connectivity index (χ2v) is 5.96. The van der Waals surface area contributed by atoms with Gasteiger partial charge in [0.2, 0.25) is 11.7 Å². The fourth-order valence-electron chi connectivity index (χ4n) is 1.54. The van der Waals surface area contributed by atoms with Crippen molar-refractivity contribution in [3.8, 4) is 11.4 Å². The normalized spacial score (nSPS) is 14.3. The van der Waals surface area contributed by atoms with Gasteiger partial charge in [0.25, 0.3) is 0 Å². The molecule has 1 heterocycles. The smallest absolute Gasteiger partial charge is 0.239 e. The first kappa shape index (κ1) is 14.1. The van der Waals surface area contributed by atoms with Gasteiger partial charge in [-0.3, -0.25) is 0 Å². The third-order valence-corrected chi connectivity index (χ3v) is 4.23. The van der Waals surface area contributed by atoms with Gasteiger partial charge >= 0.3 is 0 Å². The molecule has 0 spiro atoms. The first-order valence-corrected chi connectivity index (χ1v) is 7.37. The lowest BCUT2D eigenvalue weighted by Gasteiger charge is -2.09. The van der Waals surface area contributed by atoms with Crippen molar-refractivity contribution in [2.75, 3.05) is 12.4 Å². The van der Waals surface area contributed by atoms with Crippen LogP contribution < -0.4 is 0 Å². The Morgan fingerprint density at radius 3 is 2.68 bits per heavy atom. The van der Waals surface area contributed by atoms with Crippen LogP contribution in [0.25, 0.3) is 11.4 Å². The third kappa shape index (κ3) is 3.81. The third-order valence-electron chi connectivity index (χ3n) is 2.76. The lowest BCUT2D eigenvalue weighted by atomic mass is 10.2. The summed E-state index contributed by atoms with van der Waals surface area (Å²) in [6.07, 6.45) is 0. The van der Waals surface area contributed by atoms with Gasteiger partial charge in [0.15, 0.2) is 0 Å². The van der Waals surface area contributed by atoms with E-state index in [9.17, 15) is 0 Å². The SMILES string of the molecule is CC(CO)CSC(C)c1nc(-c2ccccc2)no1. The van der Waals surface area contributed by atoms with Crippen LogP contribution in [0.2, 0.25) is 0 Å². The molecule has 0 aliphatic rings. The highest BCUT2D eigenvalue weighted by Crippen LogP contribution is 2.29. The average Bonchev–Trinajstić information content (AvgIpc) is 2.95. The predicted octanol–water partition coefficient (Wildman–Crippen LogP) is 3.16. The molecule has 1 aromatic heterocycles. The largest absolute Gasteiger partial charge is 0.396 e. The van der Waals surface area contributed by atoms with Gasteiger partial charge in [-0.05, 0) is 18.6 Å². The molecule has 0 aliphatic carbocycles. The fourth-order valence-corrected chi connectivity index (χ4v) is 2.50. The van der Waals surface area contributed by atoms with E-state index < -0.39 is 0 Å². The van der Waals surface area contributed by atoms with Crippen molar-refractivity contribution in [1.82, 2.24) is 10.1 Å². The Morgan fingerprint density at radius 1 is 1.26 bits per heavy atom. The number of aliphatic hydroxyl groups is 1. The van der Waals surface area contributed by atoms with Gasteiger partial charge in [-0.1, -0.05) is 42.4 Å². The second kappa shape index (κ2) is 6.73. The van der Waals surface area contributed by atoms with Crippen LogP contribution in [-0.4, -0.2) is 27.6 Å². The molecule has 0 amide bonds. The molecule has 0 saturated heterocycles. The molecule has 2 atom stereocenters. The number of nitrogens with zero attached hydrogens (tertiary/aromatic N) is 2. The van der Waals surface area contributed by atoms with Crippen molar-refractivity contribution in [1.29, 1.82) is 0 Å². The van der Waals surface area contributed by atoms with E-state index in [0.29, 0.717) is 11.7 Å². The summed E-state index contributed by atoms with van der Waals surface area (Å²) in [5, 5.41) is 13.2. The number of aliphatic hydroxyl groups excluding tert-OH is 1. The van der Waals surface area contributed by atoms with Gasteiger partial charge in [0.1, 0.15) is 0 Å². The summed E-state index contributed by atoms with van der Waals surface area (Å²) >= 11 is 1.71. The van der Waals surface area contributed by atoms with Crippen LogP contribution in [0.15, 0.2) is 34.9 Å². The van der Waals surface area contributed by atoms with Crippen molar-refractivity contribution in [2.45, 2.75) is 19.1 Å². The summed E-state index contributed by atoms with van der Waals surface area (Å²) in [5.41, 5.74) is 0.957. The molecule has 0 bridgehead atoms. The lowest BCUT2D eigenvalue weighted by molar-refractivity contribution is 0.250. The molecule has 4 nitrogen and oxygen atoms in total. The molecule has 2 unspecified atom stereocenters. The quantitative estimate of drug-likeness (QED) is 0.879. The molecule has 5 heteroatoms. The van der Waals surface area contributed by atoms with E-state index in [2.05, 4.69) is 10.1 Å². The average molecular weight is 278 g/mol. The molecule has 2 rings (SSSR count). The highest BCUT2D eigenvalue weighted by atomic mass is 32.2. The minimum Gasteiger partial charge on any atom is -0.396 e. The topological polar surface area (TPSA) is 59.2 Å². The number of benzene rings is 1. The molecule has 0 fully saturated rings. The summed E-state index contributed by atoms with van der Waals surface area (Å²) < 4.78 is 5.30. The van der Waals surface area contributed by atoms with Gasteiger partial charge in [0, 0.05) is 12.2 Å². The van der Waals surface area contributed by atoms with Crippen molar-refractivity contribution in [3.63, 3.8) is 0 Å². The van der Waals surface area contributed by atoms with Crippen LogP contribution in [0.3, 0.4) is 0 Å². The van der Waals surface area contributed by atoms with Crippen molar-refractivity contribution in [2.24, 2.45) is 5.92 Å². The molecular weight excluding hydrogens is 260 g/mol. The Bertz CT molecular complexity index is 501. The van der Waals surface area contributed by atoms with E-state index in [0.717, 1.165) is 11.3 Å². The van der Waals surface area contributed by atoms with Crippen molar-refractivity contribution in [3.05, 3.63) is 36.2 Å². The molecule has 0 aliphatic heterocycles. The highest BCUT2D eigenvalue weighted by Gasteiger charge is 2.16. The minimum atomic E-state index is 0.138. The number of aromatic nitrogens is 2. The van der Waals surface area contributed by atoms with Crippen LogP contribution in [0.5, 0.6) is 0 Å². The zero-order valence-corrected chi connectivity index (χ0v) is 11.9. The van der Waals surface area contributed by atoms with E-state index >= 15 is 0 Å². The van der Waals surface area contributed by atoms with Crippen LogP contribution >= 0.6 is 11.8 Å². The molecule has 0 saturated carbocycles. The molecule has 19 heavy (non-hydrogen) atoms. The van der Waals surface area contributed by atoms with Crippen LogP contribution in [0, 0.1) is 5.92 Å². The van der Waals surface area contributed by atoms with Gasteiger partial charge < -0.3 is 9.63 Å². The molecule has 102 valence electrons. The molecule has 1 aromatic carbocycles. The Labute approximate surface area is 117 Å². The Morgan fingerprint density at radius 2 is 2.00 bits per heavy atom. The first-order valence-electron chi connectivity index (χ1n) is 6.32. The summed E-state index contributed by atoms with van der Waals surface area (Å²) in [4.78, 5) is 4.42. The maximum atomic E-state index is 9.01. The molecule has 1 N–H and O–H groups in total. The first-order chi connectivity index (χ1) is 9.20.